The maximum Gasteiger partial charge on any atom is 0.293 e. The number of hydrogen-bond acceptors (Lipinski definition) is 5. The molecule has 19 heavy (non-hydrogen) atoms. The molecule has 6 nitrogen and oxygen atoms in total. The van der Waals surface area contributed by atoms with Crippen LogP contribution < -0.4 is 5.32 Å². The SMILES string of the molecule is O=C(NC(c1cccs1)C1CCCC1)c1nn[nH]n1. The zero-order chi connectivity index (χ0) is 13.1. The second-order valence-corrected chi connectivity index (χ2v) is 5.73. The lowest BCUT2D eigenvalue weighted by atomic mass is 9.96. The minimum Gasteiger partial charge on any atom is -0.341 e. The summed E-state index contributed by atoms with van der Waals surface area (Å²) >= 11 is 1.68. The minimum atomic E-state index is -0.265. The summed E-state index contributed by atoms with van der Waals surface area (Å²) in [4.78, 5) is 13.3. The van der Waals surface area contributed by atoms with E-state index in [1.807, 2.05) is 11.4 Å². The van der Waals surface area contributed by atoms with Gasteiger partial charge in [0.2, 0.25) is 0 Å². The average molecular weight is 277 g/mol. The molecule has 0 spiro atoms. The first-order valence-electron chi connectivity index (χ1n) is 6.42. The van der Waals surface area contributed by atoms with E-state index >= 15 is 0 Å². The number of nitrogens with zero attached hydrogens (tertiary/aromatic N) is 3. The molecule has 1 unspecified atom stereocenters. The molecule has 1 amide bonds. The lowest BCUT2D eigenvalue weighted by molar-refractivity contribution is 0.0912. The van der Waals surface area contributed by atoms with Gasteiger partial charge < -0.3 is 5.32 Å². The molecule has 0 radical (unpaired) electrons. The van der Waals surface area contributed by atoms with Gasteiger partial charge in [0.25, 0.3) is 11.7 Å². The molecule has 0 saturated heterocycles. The third kappa shape index (κ3) is 2.65. The van der Waals surface area contributed by atoms with Crippen LogP contribution >= 0.6 is 11.3 Å². The molecule has 2 N–H and O–H groups in total. The summed E-state index contributed by atoms with van der Waals surface area (Å²) in [6.07, 6.45) is 4.80. The number of thiophene rings is 1. The molecule has 0 bridgehead atoms. The van der Waals surface area contributed by atoms with Crippen molar-refractivity contribution in [1.82, 2.24) is 25.9 Å². The van der Waals surface area contributed by atoms with Crippen molar-refractivity contribution < 1.29 is 4.79 Å². The smallest absolute Gasteiger partial charge is 0.293 e. The Morgan fingerprint density at radius 1 is 1.47 bits per heavy atom. The Morgan fingerprint density at radius 2 is 2.32 bits per heavy atom. The zero-order valence-electron chi connectivity index (χ0n) is 10.4. The summed E-state index contributed by atoms with van der Waals surface area (Å²) in [5.74, 6) is 0.341. The van der Waals surface area contributed by atoms with E-state index < -0.39 is 0 Å². The largest absolute Gasteiger partial charge is 0.341 e. The van der Waals surface area contributed by atoms with Gasteiger partial charge in [-0.1, -0.05) is 18.9 Å². The molecule has 0 aliphatic heterocycles. The van der Waals surface area contributed by atoms with Crippen LogP contribution in [0.1, 0.15) is 47.2 Å². The highest BCUT2D eigenvalue weighted by atomic mass is 32.1. The predicted octanol–water partition coefficient (Wildman–Crippen LogP) is 1.92. The molecule has 1 saturated carbocycles. The van der Waals surface area contributed by atoms with Crippen LogP contribution in [0.5, 0.6) is 0 Å². The number of nitrogens with one attached hydrogen (secondary N) is 2. The van der Waals surface area contributed by atoms with Gasteiger partial charge >= 0.3 is 0 Å². The van der Waals surface area contributed by atoms with Crippen molar-refractivity contribution in [3.63, 3.8) is 0 Å². The summed E-state index contributed by atoms with van der Waals surface area (Å²) in [7, 11) is 0. The van der Waals surface area contributed by atoms with E-state index in [0.29, 0.717) is 5.92 Å². The number of rotatable bonds is 4. The highest BCUT2D eigenvalue weighted by Gasteiger charge is 2.29. The van der Waals surface area contributed by atoms with Crippen LogP contribution in [0.2, 0.25) is 0 Å². The first kappa shape index (κ1) is 12.3. The fourth-order valence-electron chi connectivity index (χ4n) is 2.64. The van der Waals surface area contributed by atoms with E-state index in [4.69, 9.17) is 0 Å². The van der Waals surface area contributed by atoms with E-state index in [1.54, 1.807) is 11.3 Å². The van der Waals surface area contributed by atoms with Crippen LogP contribution in [0.15, 0.2) is 17.5 Å². The highest BCUT2D eigenvalue weighted by molar-refractivity contribution is 7.10. The van der Waals surface area contributed by atoms with Crippen LogP contribution in [-0.2, 0) is 0 Å². The Bertz CT molecular complexity index is 518. The Hall–Kier alpha value is -1.76. The molecular weight excluding hydrogens is 262 g/mol. The van der Waals surface area contributed by atoms with Gasteiger partial charge in [0.15, 0.2) is 0 Å². The number of carbonyl (C=O) groups excluding carboxylic acids is 1. The number of aromatic nitrogens is 4. The topological polar surface area (TPSA) is 83.6 Å². The third-order valence-electron chi connectivity index (χ3n) is 3.56. The molecule has 100 valence electrons. The number of tetrazole rings is 1. The Labute approximate surface area is 114 Å². The lowest BCUT2D eigenvalue weighted by Gasteiger charge is -2.23. The van der Waals surface area contributed by atoms with Crippen LogP contribution in [0.25, 0.3) is 0 Å². The van der Waals surface area contributed by atoms with E-state index in [0.717, 1.165) is 12.8 Å². The van der Waals surface area contributed by atoms with Crippen LogP contribution in [0, 0.1) is 5.92 Å². The van der Waals surface area contributed by atoms with Gasteiger partial charge in [0.05, 0.1) is 6.04 Å². The summed E-state index contributed by atoms with van der Waals surface area (Å²) < 4.78 is 0. The van der Waals surface area contributed by atoms with E-state index in [9.17, 15) is 4.79 Å². The average Bonchev–Trinajstić information content (AvgIpc) is 3.17. The molecule has 2 heterocycles. The summed E-state index contributed by atoms with van der Waals surface area (Å²) in [6, 6.07) is 4.15. The van der Waals surface area contributed by atoms with Crippen molar-refractivity contribution >= 4 is 17.2 Å². The molecular formula is C12H15N5OS. The van der Waals surface area contributed by atoms with E-state index in [1.165, 1.54) is 17.7 Å². The maximum absolute atomic E-state index is 12.1. The molecule has 1 aliphatic rings. The lowest BCUT2D eigenvalue weighted by Crippen LogP contribution is -2.33. The summed E-state index contributed by atoms with van der Waals surface area (Å²) in [6.45, 7) is 0. The van der Waals surface area contributed by atoms with Gasteiger partial charge in [-0.15, -0.1) is 21.5 Å². The Balaban J connectivity index is 1.77. The molecule has 0 aromatic carbocycles. The quantitative estimate of drug-likeness (QED) is 0.894. The molecule has 1 fully saturated rings. The van der Waals surface area contributed by atoms with Crippen LogP contribution in [-0.4, -0.2) is 26.5 Å². The minimum absolute atomic E-state index is 0.0634. The number of H-pyrrole nitrogens is 1. The second kappa shape index (κ2) is 5.48. The molecule has 1 aliphatic carbocycles. The molecule has 1 atom stereocenters. The van der Waals surface area contributed by atoms with Crippen molar-refractivity contribution in [3.05, 3.63) is 28.2 Å². The molecule has 2 aromatic heterocycles. The number of aromatic amines is 1. The summed E-state index contributed by atoms with van der Waals surface area (Å²) in [5, 5.41) is 18.2. The van der Waals surface area contributed by atoms with Gasteiger partial charge in [0.1, 0.15) is 0 Å². The highest BCUT2D eigenvalue weighted by Crippen LogP contribution is 2.37. The third-order valence-corrected chi connectivity index (χ3v) is 4.51. The van der Waals surface area contributed by atoms with Crippen molar-refractivity contribution in [2.24, 2.45) is 5.92 Å². The van der Waals surface area contributed by atoms with Crippen LogP contribution in [0.3, 0.4) is 0 Å². The Morgan fingerprint density at radius 3 is 2.95 bits per heavy atom. The predicted molar refractivity (Wildman–Crippen MR) is 70.7 cm³/mol. The van der Waals surface area contributed by atoms with Crippen LogP contribution in [0.4, 0.5) is 0 Å². The Kier molecular flexibility index (Phi) is 3.54. The fraction of sp³-hybridized carbons (Fsp3) is 0.500. The van der Waals surface area contributed by atoms with Crippen molar-refractivity contribution in [2.45, 2.75) is 31.7 Å². The normalized spacial score (nSPS) is 17.5. The van der Waals surface area contributed by atoms with Gasteiger partial charge in [-0.25, -0.2) is 0 Å². The number of carbonyl (C=O) groups is 1. The zero-order valence-corrected chi connectivity index (χ0v) is 11.2. The fourth-order valence-corrected chi connectivity index (χ4v) is 3.51. The van der Waals surface area contributed by atoms with E-state index in [-0.39, 0.29) is 17.8 Å². The standard InChI is InChI=1S/C12H15N5OS/c18-12(11-14-16-17-15-11)13-10(8-4-1-2-5-8)9-6-3-7-19-9/h3,6-8,10H,1-2,4-5H2,(H,13,18)(H,14,15,16,17). The van der Waals surface area contributed by atoms with Crippen molar-refractivity contribution in [1.29, 1.82) is 0 Å². The van der Waals surface area contributed by atoms with Gasteiger partial charge in [-0.3, -0.25) is 4.79 Å². The van der Waals surface area contributed by atoms with Gasteiger partial charge in [-0.2, -0.15) is 5.21 Å². The van der Waals surface area contributed by atoms with Crippen molar-refractivity contribution in [3.8, 4) is 0 Å². The van der Waals surface area contributed by atoms with Crippen molar-refractivity contribution in [2.75, 3.05) is 0 Å². The maximum atomic E-state index is 12.1. The number of amides is 1. The molecule has 2 aromatic rings. The second-order valence-electron chi connectivity index (χ2n) is 4.75. The first-order chi connectivity index (χ1) is 9.34. The van der Waals surface area contributed by atoms with E-state index in [2.05, 4.69) is 32.0 Å². The summed E-state index contributed by atoms with van der Waals surface area (Å²) in [5.41, 5.74) is 0. The monoisotopic (exact) mass is 277 g/mol. The molecule has 3 rings (SSSR count). The molecule has 7 heteroatoms. The first-order valence-corrected chi connectivity index (χ1v) is 7.30. The van der Waals surface area contributed by atoms with Gasteiger partial charge in [-0.05, 0) is 35.4 Å². The van der Waals surface area contributed by atoms with Gasteiger partial charge in [0, 0.05) is 4.88 Å². The number of hydrogen-bond donors (Lipinski definition) is 2.